The molecule has 0 saturated heterocycles. The van der Waals surface area contributed by atoms with Crippen molar-refractivity contribution < 1.29 is 22.4 Å². The number of carbonyl (C=O) groups excluding carboxylic acids is 1. The highest BCUT2D eigenvalue weighted by atomic mass is 19.4. The first-order chi connectivity index (χ1) is 12.9. The van der Waals surface area contributed by atoms with Crippen LogP contribution in [0.5, 0.6) is 0 Å². The maximum absolute atomic E-state index is 12.9. The molecule has 0 unspecified atom stereocenters. The van der Waals surface area contributed by atoms with Crippen LogP contribution in [-0.2, 0) is 6.18 Å². The molecule has 8 heteroatoms. The number of imidazole rings is 1. The molecular formula is C19H12F3N3O2. The van der Waals surface area contributed by atoms with Gasteiger partial charge in [0.1, 0.15) is 12.1 Å². The van der Waals surface area contributed by atoms with Crippen molar-refractivity contribution in [3.05, 3.63) is 78.3 Å². The van der Waals surface area contributed by atoms with Crippen LogP contribution in [0.3, 0.4) is 0 Å². The molecule has 2 aromatic carbocycles. The molecule has 27 heavy (non-hydrogen) atoms. The van der Waals surface area contributed by atoms with Crippen molar-refractivity contribution in [2.24, 2.45) is 0 Å². The summed E-state index contributed by atoms with van der Waals surface area (Å²) in [5.41, 5.74) is 3.49. The average molecular weight is 371 g/mol. The summed E-state index contributed by atoms with van der Waals surface area (Å²) in [6, 6.07) is 14.8. The number of furan rings is 1. The van der Waals surface area contributed by atoms with E-state index in [9.17, 15) is 18.0 Å². The maximum Gasteiger partial charge on any atom is 0.416 e. The fourth-order valence-electron chi connectivity index (χ4n) is 2.68. The summed E-state index contributed by atoms with van der Waals surface area (Å²) in [7, 11) is 0. The van der Waals surface area contributed by atoms with E-state index >= 15 is 0 Å². The maximum atomic E-state index is 12.9. The van der Waals surface area contributed by atoms with Crippen LogP contribution in [0.4, 0.5) is 13.2 Å². The van der Waals surface area contributed by atoms with Crippen LogP contribution in [0.1, 0.15) is 16.1 Å². The molecule has 0 fully saturated rings. The van der Waals surface area contributed by atoms with E-state index in [4.69, 9.17) is 4.42 Å². The SMILES string of the molecule is O=C(Nn1cnc2ccccc21)c1ccc(-c2cccc(C(F)(F)F)c2)o1. The molecule has 2 heterocycles. The van der Waals surface area contributed by atoms with E-state index in [-0.39, 0.29) is 17.1 Å². The molecule has 4 rings (SSSR count). The second-order valence-corrected chi connectivity index (χ2v) is 5.79. The minimum atomic E-state index is -4.45. The van der Waals surface area contributed by atoms with Gasteiger partial charge < -0.3 is 4.42 Å². The minimum absolute atomic E-state index is 0.0276. The molecular weight excluding hydrogens is 359 g/mol. The lowest BCUT2D eigenvalue weighted by Crippen LogP contribution is -2.21. The number of para-hydroxylation sites is 2. The largest absolute Gasteiger partial charge is 0.451 e. The van der Waals surface area contributed by atoms with Crippen molar-refractivity contribution in [3.8, 4) is 11.3 Å². The highest BCUT2D eigenvalue weighted by molar-refractivity contribution is 5.98. The summed E-state index contributed by atoms with van der Waals surface area (Å²) >= 11 is 0. The first-order valence-corrected chi connectivity index (χ1v) is 7.93. The molecule has 0 aliphatic heterocycles. The molecule has 5 nitrogen and oxygen atoms in total. The van der Waals surface area contributed by atoms with E-state index in [0.29, 0.717) is 11.0 Å². The molecule has 0 radical (unpaired) electrons. The summed E-state index contributed by atoms with van der Waals surface area (Å²) in [6.07, 6.45) is -3.00. The fourth-order valence-corrected chi connectivity index (χ4v) is 2.68. The smallest absolute Gasteiger partial charge is 0.416 e. The van der Waals surface area contributed by atoms with Gasteiger partial charge in [0, 0.05) is 5.56 Å². The first kappa shape index (κ1) is 16.9. The van der Waals surface area contributed by atoms with Crippen LogP contribution in [-0.4, -0.2) is 15.6 Å². The van der Waals surface area contributed by atoms with Crippen molar-refractivity contribution in [1.29, 1.82) is 0 Å². The zero-order valence-electron chi connectivity index (χ0n) is 13.7. The number of benzene rings is 2. The zero-order chi connectivity index (χ0) is 19.0. The van der Waals surface area contributed by atoms with Crippen molar-refractivity contribution >= 4 is 16.9 Å². The van der Waals surface area contributed by atoms with E-state index in [1.165, 1.54) is 35.3 Å². The number of hydrogen-bond acceptors (Lipinski definition) is 3. The lowest BCUT2D eigenvalue weighted by atomic mass is 10.1. The Kier molecular flexibility index (Phi) is 3.95. The molecule has 1 amide bonds. The highest BCUT2D eigenvalue weighted by Crippen LogP contribution is 2.32. The summed E-state index contributed by atoms with van der Waals surface area (Å²) in [5.74, 6) is -0.404. The number of amides is 1. The quantitative estimate of drug-likeness (QED) is 0.568. The van der Waals surface area contributed by atoms with Crippen molar-refractivity contribution in [3.63, 3.8) is 0 Å². The molecule has 0 spiro atoms. The Bertz CT molecular complexity index is 1130. The number of nitrogens with one attached hydrogen (secondary N) is 1. The Balaban J connectivity index is 1.58. The standard InChI is InChI=1S/C19H12F3N3O2/c20-19(21,22)13-5-3-4-12(10-13)16-8-9-17(27-16)18(26)24-25-11-23-14-6-1-2-7-15(14)25/h1-11H,(H,24,26). The number of alkyl halides is 3. The third-order valence-corrected chi connectivity index (χ3v) is 3.98. The average Bonchev–Trinajstić information content (AvgIpc) is 3.29. The topological polar surface area (TPSA) is 60.1 Å². The van der Waals surface area contributed by atoms with Gasteiger partial charge >= 0.3 is 12.1 Å². The van der Waals surface area contributed by atoms with Crippen LogP contribution in [0.15, 0.2) is 71.4 Å². The Labute approximate surface area is 151 Å². The Hall–Kier alpha value is -3.55. The lowest BCUT2D eigenvalue weighted by molar-refractivity contribution is -0.137. The van der Waals surface area contributed by atoms with Crippen LogP contribution < -0.4 is 5.43 Å². The van der Waals surface area contributed by atoms with E-state index in [1.54, 1.807) is 12.1 Å². The first-order valence-electron chi connectivity index (χ1n) is 7.93. The predicted molar refractivity (Wildman–Crippen MR) is 92.6 cm³/mol. The molecule has 0 aliphatic rings. The van der Waals surface area contributed by atoms with Gasteiger partial charge in [-0.15, -0.1) is 0 Å². The summed E-state index contributed by atoms with van der Waals surface area (Å²) in [5, 5.41) is 0. The molecule has 0 bridgehead atoms. The molecule has 136 valence electrons. The van der Waals surface area contributed by atoms with Gasteiger partial charge in [0.05, 0.1) is 16.6 Å². The summed E-state index contributed by atoms with van der Waals surface area (Å²) in [4.78, 5) is 16.6. The summed E-state index contributed by atoms with van der Waals surface area (Å²) in [6.45, 7) is 0. The number of halogens is 3. The van der Waals surface area contributed by atoms with Gasteiger partial charge in [-0.05, 0) is 36.4 Å². The second kappa shape index (κ2) is 6.31. The molecule has 0 atom stereocenters. The van der Waals surface area contributed by atoms with Crippen molar-refractivity contribution in [2.75, 3.05) is 5.43 Å². The Morgan fingerprint density at radius 3 is 2.67 bits per heavy atom. The van der Waals surface area contributed by atoms with E-state index in [2.05, 4.69) is 10.4 Å². The molecule has 0 aliphatic carbocycles. The third-order valence-electron chi connectivity index (χ3n) is 3.98. The van der Waals surface area contributed by atoms with E-state index < -0.39 is 17.6 Å². The number of fused-ring (bicyclic) bond motifs is 1. The normalized spacial score (nSPS) is 11.7. The highest BCUT2D eigenvalue weighted by Gasteiger charge is 2.30. The number of nitrogens with zero attached hydrogens (tertiary/aromatic N) is 2. The zero-order valence-corrected chi connectivity index (χ0v) is 13.7. The lowest BCUT2D eigenvalue weighted by Gasteiger charge is -2.07. The van der Waals surface area contributed by atoms with Gasteiger partial charge in [0.2, 0.25) is 0 Å². The number of carbonyl (C=O) groups is 1. The third kappa shape index (κ3) is 3.29. The molecule has 1 N–H and O–H groups in total. The summed E-state index contributed by atoms with van der Waals surface area (Å²) < 4.78 is 45.5. The number of aromatic nitrogens is 2. The minimum Gasteiger partial charge on any atom is -0.451 e. The Morgan fingerprint density at radius 1 is 1.04 bits per heavy atom. The van der Waals surface area contributed by atoms with E-state index in [1.807, 2.05) is 12.1 Å². The van der Waals surface area contributed by atoms with Crippen LogP contribution >= 0.6 is 0 Å². The number of hydrogen-bond donors (Lipinski definition) is 1. The van der Waals surface area contributed by atoms with Gasteiger partial charge in [-0.1, -0.05) is 24.3 Å². The van der Waals surface area contributed by atoms with Gasteiger partial charge in [-0.2, -0.15) is 13.2 Å². The van der Waals surface area contributed by atoms with Crippen molar-refractivity contribution in [2.45, 2.75) is 6.18 Å². The molecule has 0 saturated carbocycles. The van der Waals surface area contributed by atoms with Crippen LogP contribution in [0.25, 0.3) is 22.4 Å². The van der Waals surface area contributed by atoms with E-state index in [0.717, 1.165) is 12.1 Å². The van der Waals surface area contributed by atoms with Crippen LogP contribution in [0.2, 0.25) is 0 Å². The van der Waals surface area contributed by atoms with Gasteiger partial charge in [-0.25, -0.2) is 9.66 Å². The van der Waals surface area contributed by atoms with Crippen molar-refractivity contribution in [1.82, 2.24) is 9.66 Å². The second-order valence-electron chi connectivity index (χ2n) is 5.79. The fraction of sp³-hybridized carbons (Fsp3) is 0.0526. The van der Waals surface area contributed by atoms with Gasteiger partial charge in [-0.3, -0.25) is 10.2 Å². The monoisotopic (exact) mass is 371 g/mol. The van der Waals surface area contributed by atoms with Gasteiger partial charge in [0.15, 0.2) is 5.76 Å². The Morgan fingerprint density at radius 2 is 1.85 bits per heavy atom. The number of rotatable bonds is 3. The predicted octanol–water partition coefficient (Wildman–Crippen LogP) is 4.70. The molecule has 4 aromatic rings. The van der Waals surface area contributed by atoms with Gasteiger partial charge in [0.25, 0.3) is 0 Å². The van der Waals surface area contributed by atoms with Crippen LogP contribution in [0, 0.1) is 0 Å². The molecule has 2 aromatic heterocycles.